The van der Waals surface area contributed by atoms with Crippen LogP contribution in [0.4, 0.5) is 0 Å². The van der Waals surface area contributed by atoms with E-state index in [4.69, 9.17) is 22.1 Å². The maximum absolute atomic E-state index is 12.9. The molecule has 0 aliphatic carbocycles. The average Bonchev–Trinajstić information content (AvgIpc) is 2.68. The van der Waals surface area contributed by atoms with Gasteiger partial charge >= 0.3 is 0 Å². The first-order chi connectivity index (χ1) is 13.0. The van der Waals surface area contributed by atoms with E-state index in [9.17, 15) is 9.59 Å². The summed E-state index contributed by atoms with van der Waals surface area (Å²) >= 11 is 6.15. The van der Waals surface area contributed by atoms with Gasteiger partial charge in [-0.1, -0.05) is 11.6 Å². The number of likely N-dealkylation sites (tertiary alicyclic amines) is 2. The Bertz CT molecular complexity index is 681. The number of amides is 2. The molecule has 2 N–H and O–H groups in total. The molecule has 0 spiro atoms. The Balaban J connectivity index is 1.67. The van der Waals surface area contributed by atoms with Crippen LogP contribution >= 0.6 is 11.6 Å². The number of piperidine rings is 2. The third kappa shape index (κ3) is 4.93. The van der Waals surface area contributed by atoms with Gasteiger partial charge in [0.1, 0.15) is 11.9 Å². The second kappa shape index (κ2) is 8.93. The highest BCUT2D eigenvalue weighted by Crippen LogP contribution is 2.28. The molecule has 2 amide bonds. The molecule has 0 unspecified atom stereocenters. The third-order valence-electron chi connectivity index (χ3n) is 5.25. The maximum Gasteiger partial charge on any atom is 0.257 e. The van der Waals surface area contributed by atoms with Gasteiger partial charge in [0.25, 0.3) is 5.91 Å². The number of carbonyl (C=O) groups is 2. The number of hydrogen-bond acceptors (Lipinski definition) is 4. The van der Waals surface area contributed by atoms with Gasteiger partial charge in [-0.15, -0.1) is 0 Å². The maximum atomic E-state index is 12.9. The quantitative estimate of drug-likeness (QED) is 0.853. The summed E-state index contributed by atoms with van der Waals surface area (Å²) in [6, 6.07) is 4.72. The van der Waals surface area contributed by atoms with Gasteiger partial charge in [-0.3, -0.25) is 9.59 Å². The highest BCUT2D eigenvalue weighted by Gasteiger charge is 2.27. The largest absolute Gasteiger partial charge is 0.489 e. The minimum atomic E-state index is -0.482. The number of nitrogens with two attached hydrogens (primary N) is 1. The zero-order valence-electron chi connectivity index (χ0n) is 15.8. The van der Waals surface area contributed by atoms with E-state index in [1.54, 1.807) is 30.0 Å². The van der Waals surface area contributed by atoms with Gasteiger partial charge in [0.15, 0.2) is 0 Å². The predicted molar refractivity (Wildman–Crippen MR) is 105 cm³/mol. The Morgan fingerprint density at radius 1 is 1.11 bits per heavy atom. The van der Waals surface area contributed by atoms with Crippen LogP contribution in [0.3, 0.4) is 0 Å². The van der Waals surface area contributed by atoms with Crippen molar-refractivity contribution >= 4 is 23.4 Å². The second-order valence-electron chi connectivity index (χ2n) is 7.42. The molecule has 1 atom stereocenters. The summed E-state index contributed by atoms with van der Waals surface area (Å²) < 4.78 is 6.17. The number of ether oxygens (including phenoxy) is 1. The molecule has 2 saturated heterocycles. The van der Waals surface area contributed by atoms with Gasteiger partial charge < -0.3 is 20.3 Å². The number of halogens is 1. The van der Waals surface area contributed by atoms with Crippen LogP contribution in [0.2, 0.25) is 5.02 Å². The van der Waals surface area contributed by atoms with Crippen molar-refractivity contribution in [2.75, 3.05) is 26.2 Å². The fourth-order valence-corrected chi connectivity index (χ4v) is 3.86. The molecule has 0 bridgehead atoms. The van der Waals surface area contributed by atoms with Crippen molar-refractivity contribution in [2.24, 2.45) is 5.73 Å². The molecule has 0 radical (unpaired) electrons. The SMILES string of the molecule is C[C@H](N)C(=O)N1CCC(Oc2cc(Cl)ccc2C(=O)N2CCCCC2)CC1. The smallest absolute Gasteiger partial charge is 0.257 e. The minimum absolute atomic E-state index is 0.00550. The Morgan fingerprint density at radius 3 is 2.41 bits per heavy atom. The Kier molecular flexibility index (Phi) is 6.60. The zero-order chi connectivity index (χ0) is 19.4. The molecule has 2 fully saturated rings. The van der Waals surface area contributed by atoms with Crippen molar-refractivity contribution in [3.05, 3.63) is 28.8 Å². The van der Waals surface area contributed by atoms with Crippen LogP contribution in [0.15, 0.2) is 18.2 Å². The van der Waals surface area contributed by atoms with Crippen LogP contribution in [0, 0.1) is 0 Å². The van der Waals surface area contributed by atoms with Gasteiger partial charge in [-0.05, 0) is 44.4 Å². The molecule has 0 aromatic heterocycles. The van der Waals surface area contributed by atoms with E-state index < -0.39 is 6.04 Å². The summed E-state index contributed by atoms with van der Waals surface area (Å²) in [5.41, 5.74) is 6.25. The van der Waals surface area contributed by atoms with Gasteiger partial charge in [0.2, 0.25) is 5.91 Å². The fraction of sp³-hybridized carbons (Fsp3) is 0.600. The lowest BCUT2D eigenvalue weighted by atomic mass is 10.1. The van der Waals surface area contributed by atoms with E-state index in [1.165, 1.54) is 6.42 Å². The predicted octanol–water partition coefficient (Wildman–Crippen LogP) is 2.68. The number of benzene rings is 1. The summed E-state index contributed by atoms with van der Waals surface area (Å²) in [6.07, 6.45) is 4.63. The molecule has 1 aromatic rings. The van der Waals surface area contributed by atoms with Crippen LogP contribution < -0.4 is 10.5 Å². The molecule has 3 rings (SSSR count). The zero-order valence-corrected chi connectivity index (χ0v) is 16.6. The molecule has 2 heterocycles. The number of hydrogen-bond donors (Lipinski definition) is 1. The lowest BCUT2D eigenvalue weighted by Gasteiger charge is -2.33. The summed E-state index contributed by atoms with van der Waals surface area (Å²) in [5, 5.41) is 0.546. The van der Waals surface area contributed by atoms with Gasteiger partial charge in [-0.2, -0.15) is 0 Å². The summed E-state index contributed by atoms with van der Waals surface area (Å²) in [4.78, 5) is 28.6. The first kappa shape index (κ1) is 20.0. The lowest BCUT2D eigenvalue weighted by molar-refractivity contribution is -0.133. The average molecular weight is 394 g/mol. The van der Waals surface area contributed by atoms with Crippen molar-refractivity contribution in [2.45, 2.75) is 51.2 Å². The van der Waals surface area contributed by atoms with E-state index in [0.29, 0.717) is 42.3 Å². The van der Waals surface area contributed by atoms with Crippen molar-refractivity contribution in [3.63, 3.8) is 0 Å². The topological polar surface area (TPSA) is 75.9 Å². The van der Waals surface area contributed by atoms with Crippen molar-refractivity contribution in [3.8, 4) is 5.75 Å². The van der Waals surface area contributed by atoms with E-state index in [1.807, 2.05) is 4.90 Å². The van der Waals surface area contributed by atoms with Crippen molar-refractivity contribution < 1.29 is 14.3 Å². The molecular formula is C20H28ClN3O3. The van der Waals surface area contributed by atoms with Gasteiger partial charge in [-0.25, -0.2) is 0 Å². The van der Waals surface area contributed by atoms with E-state index in [2.05, 4.69) is 0 Å². The van der Waals surface area contributed by atoms with E-state index in [-0.39, 0.29) is 17.9 Å². The minimum Gasteiger partial charge on any atom is -0.489 e. The van der Waals surface area contributed by atoms with Crippen LogP contribution in [0.25, 0.3) is 0 Å². The highest BCUT2D eigenvalue weighted by molar-refractivity contribution is 6.30. The fourth-order valence-electron chi connectivity index (χ4n) is 3.70. The number of carbonyl (C=O) groups excluding carboxylic acids is 2. The molecule has 2 aliphatic rings. The Hall–Kier alpha value is -1.79. The van der Waals surface area contributed by atoms with Gasteiger partial charge in [0, 0.05) is 44.0 Å². The van der Waals surface area contributed by atoms with E-state index >= 15 is 0 Å². The van der Waals surface area contributed by atoms with Crippen LogP contribution in [0.5, 0.6) is 5.75 Å². The van der Waals surface area contributed by atoms with Crippen LogP contribution in [-0.2, 0) is 4.79 Å². The second-order valence-corrected chi connectivity index (χ2v) is 7.86. The van der Waals surface area contributed by atoms with Crippen molar-refractivity contribution in [1.29, 1.82) is 0 Å². The number of nitrogens with zero attached hydrogens (tertiary/aromatic N) is 2. The normalized spacial score (nSPS) is 19.7. The molecule has 1 aromatic carbocycles. The Labute approximate surface area is 165 Å². The third-order valence-corrected chi connectivity index (χ3v) is 5.49. The molecular weight excluding hydrogens is 366 g/mol. The molecule has 2 aliphatic heterocycles. The Morgan fingerprint density at radius 2 is 1.78 bits per heavy atom. The van der Waals surface area contributed by atoms with Gasteiger partial charge in [0.05, 0.1) is 11.6 Å². The summed E-state index contributed by atoms with van der Waals surface area (Å²) in [5.74, 6) is 0.512. The molecule has 6 nitrogen and oxygen atoms in total. The first-order valence-corrected chi connectivity index (χ1v) is 10.1. The first-order valence-electron chi connectivity index (χ1n) is 9.75. The monoisotopic (exact) mass is 393 g/mol. The molecule has 7 heteroatoms. The number of rotatable bonds is 4. The molecule has 27 heavy (non-hydrogen) atoms. The summed E-state index contributed by atoms with van der Waals surface area (Å²) in [6.45, 7) is 4.51. The van der Waals surface area contributed by atoms with E-state index in [0.717, 1.165) is 25.9 Å². The standard InChI is InChI=1S/C20H28ClN3O3/c1-14(22)19(25)24-11-7-16(8-12-24)27-18-13-15(21)5-6-17(18)20(26)23-9-3-2-4-10-23/h5-6,13-14,16H,2-4,7-12,22H2,1H3/t14-/m0/s1. The summed E-state index contributed by atoms with van der Waals surface area (Å²) in [7, 11) is 0. The van der Waals surface area contributed by atoms with Crippen LogP contribution in [-0.4, -0.2) is 59.9 Å². The van der Waals surface area contributed by atoms with Crippen molar-refractivity contribution in [1.82, 2.24) is 9.80 Å². The van der Waals surface area contributed by atoms with Crippen LogP contribution in [0.1, 0.15) is 49.4 Å². The highest BCUT2D eigenvalue weighted by atomic mass is 35.5. The lowest BCUT2D eigenvalue weighted by Crippen LogP contribution is -2.47. The molecule has 148 valence electrons. The molecule has 0 saturated carbocycles.